The van der Waals surface area contributed by atoms with Crippen LogP contribution >= 0.6 is 0 Å². The van der Waals surface area contributed by atoms with Crippen LogP contribution in [0.15, 0.2) is 158 Å². The largest absolute Gasteiger partial charge is 0.0622 e. The van der Waals surface area contributed by atoms with Crippen LogP contribution in [0, 0.1) is 0 Å². The quantitative estimate of drug-likeness (QED) is 0.202. The van der Waals surface area contributed by atoms with Crippen LogP contribution in [0.2, 0.25) is 0 Å². The molecule has 190 valence electrons. The molecule has 0 N–H and O–H groups in total. The minimum absolute atomic E-state index is 0.320. The van der Waals surface area contributed by atoms with E-state index in [1.165, 1.54) is 66.1 Å². The van der Waals surface area contributed by atoms with Crippen molar-refractivity contribution in [1.82, 2.24) is 0 Å². The van der Waals surface area contributed by atoms with E-state index in [1.54, 1.807) is 0 Å². The highest BCUT2D eigenvalue weighted by Crippen LogP contribution is 2.44. The second-order valence-corrected chi connectivity index (χ2v) is 10.5. The molecule has 0 aliphatic rings. The maximum atomic E-state index is 2.39. The number of benzene rings is 7. The van der Waals surface area contributed by atoms with E-state index in [4.69, 9.17) is 0 Å². The van der Waals surface area contributed by atoms with Crippen molar-refractivity contribution in [3.05, 3.63) is 169 Å². The fourth-order valence-electron chi connectivity index (χ4n) is 6.11. The summed E-state index contributed by atoms with van der Waals surface area (Å²) < 4.78 is 0. The standard InChI is InChI=1S/C40H30/c1-28(29-13-4-2-5-14-29)33-17-12-18-34(27-33)40-37-21-10-8-19-35(37)39(36-20-9-11-22-38(36)40)32-25-23-31(24-26-32)30-15-6-3-7-16-30/h2-28H,1H3. The first kappa shape index (κ1) is 24.1. The highest BCUT2D eigenvalue weighted by Gasteiger charge is 2.17. The van der Waals surface area contributed by atoms with Gasteiger partial charge >= 0.3 is 0 Å². The van der Waals surface area contributed by atoms with Crippen molar-refractivity contribution in [1.29, 1.82) is 0 Å². The molecule has 0 saturated carbocycles. The van der Waals surface area contributed by atoms with E-state index < -0.39 is 0 Å². The summed E-state index contributed by atoms with van der Waals surface area (Å²) in [6, 6.07) is 57.3. The normalized spacial score (nSPS) is 12.0. The Morgan fingerprint density at radius 3 is 1.30 bits per heavy atom. The molecule has 0 heterocycles. The van der Waals surface area contributed by atoms with E-state index in [0.717, 1.165) is 0 Å². The molecule has 0 saturated heterocycles. The fraction of sp³-hybridized carbons (Fsp3) is 0.0500. The van der Waals surface area contributed by atoms with Crippen LogP contribution in [-0.4, -0.2) is 0 Å². The lowest BCUT2D eigenvalue weighted by molar-refractivity contribution is 0.923. The lowest BCUT2D eigenvalue weighted by Crippen LogP contribution is -1.96. The van der Waals surface area contributed by atoms with E-state index in [-0.39, 0.29) is 0 Å². The van der Waals surface area contributed by atoms with Crippen molar-refractivity contribution in [3.63, 3.8) is 0 Å². The highest BCUT2D eigenvalue weighted by atomic mass is 14.2. The van der Waals surface area contributed by atoms with Gasteiger partial charge in [-0.3, -0.25) is 0 Å². The zero-order chi connectivity index (χ0) is 26.9. The molecule has 7 rings (SSSR count). The molecule has 40 heavy (non-hydrogen) atoms. The van der Waals surface area contributed by atoms with Crippen LogP contribution in [0.4, 0.5) is 0 Å². The van der Waals surface area contributed by atoms with Crippen molar-refractivity contribution in [2.75, 3.05) is 0 Å². The first-order valence-corrected chi connectivity index (χ1v) is 14.0. The van der Waals surface area contributed by atoms with Gasteiger partial charge in [-0.25, -0.2) is 0 Å². The zero-order valence-electron chi connectivity index (χ0n) is 22.6. The summed E-state index contributed by atoms with van der Waals surface area (Å²) in [5.41, 5.74) is 10.2. The van der Waals surface area contributed by atoms with Gasteiger partial charge in [-0.1, -0.05) is 165 Å². The minimum atomic E-state index is 0.320. The smallest absolute Gasteiger partial charge is 0.00612 e. The minimum Gasteiger partial charge on any atom is -0.0622 e. The number of hydrogen-bond donors (Lipinski definition) is 0. The molecule has 0 radical (unpaired) electrons. The molecule has 0 nitrogen and oxygen atoms in total. The van der Waals surface area contributed by atoms with E-state index in [1.807, 2.05) is 0 Å². The topological polar surface area (TPSA) is 0 Å². The van der Waals surface area contributed by atoms with Crippen molar-refractivity contribution < 1.29 is 0 Å². The van der Waals surface area contributed by atoms with Gasteiger partial charge in [0.25, 0.3) is 0 Å². The summed E-state index contributed by atoms with van der Waals surface area (Å²) >= 11 is 0. The maximum Gasteiger partial charge on any atom is 0.00612 e. The van der Waals surface area contributed by atoms with E-state index in [0.29, 0.717) is 5.92 Å². The molecule has 7 aromatic carbocycles. The molecule has 1 unspecified atom stereocenters. The molecule has 0 aliphatic heterocycles. The van der Waals surface area contributed by atoms with Crippen molar-refractivity contribution in [2.24, 2.45) is 0 Å². The molecule has 0 spiro atoms. The summed E-state index contributed by atoms with van der Waals surface area (Å²) in [6.45, 7) is 2.30. The first-order chi connectivity index (χ1) is 19.8. The third-order valence-corrected chi connectivity index (χ3v) is 8.19. The molecule has 0 aromatic heterocycles. The van der Waals surface area contributed by atoms with Gasteiger partial charge in [-0.2, -0.15) is 0 Å². The fourth-order valence-corrected chi connectivity index (χ4v) is 6.11. The number of fused-ring (bicyclic) bond motifs is 2. The van der Waals surface area contributed by atoms with Gasteiger partial charge in [0.15, 0.2) is 0 Å². The van der Waals surface area contributed by atoms with Crippen LogP contribution in [0.1, 0.15) is 24.0 Å². The number of hydrogen-bond acceptors (Lipinski definition) is 0. The Morgan fingerprint density at radius 1 is 0.325 bits per heavy atom. The average Bonchev–Trinajstić information content (AvgIpc) is 3.04. The molecular formula is C40H30. The molecule has 0 amide bonds. The monoisotopic (exact) mass is 510 g/mol. The Hall–Kier alpha value is -4.94. The molecule has 0 bridgehead atoms. The predicted molar refractivity (Wildman–Crippen MR) is 172 cm³/mol. The van der Waals surface area contributed by atoms with Crippen molar-refractivity contribution in [2.45, 2.75) is 12.8 Å². The van der Waals surface area contributed by atoms with Gasteiger partial charge in [-0.05, 0) is 66.1 Å². The van der Waals surface area contributed by atoms with Gasteiger partial charge in [0.1, 0.15) is 0 Å². The van der Waals surface area contributed by atoms with E-state index in [9.17, 15) is 0 Å². The zero-order valence-corrected chi connectivity index (χ0v) is 22.6. The summed E-state index contributed by atoms with van der Waals surface area (Å²) in [5, 5.41) is 5.14. The van der Waals surface area contributed by atoms with Gasteiger partial charge in [0.2, 0.25) is 0 Å². The molecule has 0 heteroatoms. The highest BCUT2D eigenvalue weighted by molar-refractivity contribution is 6.21. The molecule has 1 atom stereocenters. The van der Waals surface area contributed by atoms with Gasteiger partial charge < -0.3 is 0 Å². The predicted octanol–water partition coefficient (Wildman–Crippen LogP) is 11.1. The molecular weight excluding hydrogens is 480 g/mol. The molecule has 0 aliphatic carbocycles. The Bertz CT molecular complexity index is 1870. The van der Waals surface area contributed by atoms with Crippen molar-refractivity contribution in [3.8, 4) is 33.4 Å². The van der Waals surface area contributed by atoms with E-state index >= 15 is 0 Å². The Balaban J connectivity index is 1.43. The second kappa shape index (κ2) is 10.3. The number of rotatable bonds is 5. The van der Waals surface area contributed by atoms with Crippen molar-refractivity contribution >= 4 is 21.5 Å². The lowest BCUT2D eigenvalue weighted by Gasteiger charge is -2.19. The third-order valence-electron chi connectivity index (χ3n) is 8.19. The Morgan fingerprint density at radius 2 is 0.725 bits per heavy atom. The summed E-state index contributed by atoms with van der Waals surface area (Å²) in [5.74, 6) is 0.320. The van der Waals surface area contributed by atoms with Crippen LogP contribution < -0.4 is 0 Å². The van der Waals surface area contributed by atoms with Crippen LogP contribution in [0.3, 0.4) is 0 Å². The van der Waals surface area contributed by atoms with Crippen LogP contribution in [0.5, 0.6) is 0 Å². The average molecular weight is 511 g/mol. The second-order valence-electron chi connectivity index (χ2n) is 10.5. The summed E-state index contributed by atoms with van der Waals surface area (Å²) in [4.78, 5) is 0. The summed E-state index contributed by atoms with van der Waals surface area (Å²) in [7, 11) is 0. The summed E-state index contributed by atoms with van der Waals surface area (Å²) in [6.07, 6.45) is 0. The molecule has 7 aromatic rings. The first-order valence-electron chi connectivity index (χ1n) is 14.0. The van der Waals surface area contributed by atoms with E-state index in [2.05, 4.69) is 165 Å². The van der Waals surface area contributed by atoms with Gasteiger partial charge in [0, 0.05) is 5.92 Å². The Labute approximate surface area is 236 Å². The van der Waals surface area contributed by atoms with Crippen LogP contribution in [0.25, 0.3) is 54.9 Å². The van der Waals surface area contributed by atoms with Crippen LogP contribution in [-0.2, 0) is 0 Å². The van der Waals surface area contributed by atoms with Gasteiger partial charge in [-0.15, -0.1) is 0 Å². The Kier molecular flexibility index (Phi) is 6.22. The molecule has 0 fully saturated rings. The maximum absolute atomic E-state index is 2.39. The lowest BCUT2D eigenvalue weighted by atomic mass is 9.84. The SMILES string of the molecule is CC(c1ccccc1)c1cccc(-c2c3ccccc3c(-c3ccc(-c4ccccc4)cc3)c3ccccc23)c1. The third kappa shape index (κ3) is 4.28. The van der Waals surface area contributed by atoms with Gasteiger partial charge in [0.05, 0.1) is 0 Å².